The quantitative estimate of drug-likeness (QED) is 0.503. The highest BCUT2D eigenvalue weighted by molar-refractivity contribution is 7.91. The monoisotopic (exact) mass is 414 g/mol. The van der Waals surface area contributed by atoms with Crippen molar-refractivity contribution in [2.75, 3.05) is 12.4 Å². The Morgan fingerprint density at radius 2 is 1.96 bits per heavy atom. The highest BCUT2D eigenvalue weighted by Gasteiger charge is 2.22. The molecule has 0 saturated heterocycles. The van der Waals surface area contributed by atoms with E-state index in [-0.39, 0.29) is 10.3 Å². The third-order valence-electron chi connectivity index (χ3n) is 4.32. The number of nitrogens with zero attached hydrogens (tertiary/aromatic N) is 4. The molecule has 3 heterocycles. The number of imidazole rings is 1. The Balaban J connectivity index is 1.64. The lowest BCUT2D eigenvalue weighted by atomic mass is 10.2. The highest BCUT2D eigenvalue weighted by Crippen LogP contribution is 2.29. The Kier molecular flexibility index (Phi) is 4.84. The molecule has 4 aromatic rings. The molecule has 0 fully saturated rings. The normalized spacial score (nSPS) is 12.9. The molecule has 0 radical (unpaired) electrons. The average Bonchev–Trinajstić information content (AvgIpc) is 3.36. The van der Waals surface area contributed by atoms with Crippen molar-refractivity contribution in [3.05, 3.63) is 59.9 Å². The number of fused-ring (bicyclic) bond motifs is 1. The van der Waals surface area contributed by atoms with Gasteiger partial charge in [0.15, 0.2) is 0 Å². The van der Waals surface area contributed by atoms with E-state index in [1.54, 1.807) is 30.0 Å². The Morgan fingerprint density at radius 1 is 1.14 bits per heavy atom. The van der Waals surface area contributed by atoms with Crippen molar-refractivity contribution in [3.8, 4) is 5.82 Å². The lowest BCUT2D eigenvalue weighted by Gasteiger charge is -2.15. The number of thiophene rings is 1. The fourth-order valence-corrected chi connectivity index (χ4v) is 5.29. The van der Waals surface area contributed by atoms with Crippen LogP contribution >= 0.6 is 11.3 Å². The third kappa shape index (κ3) is 3.37. The van der Waals surface area contributed by atoms with Crippen LogP contribution < -0.4 is 10.0 Å². The van der Waals surface area contributed by atoms with Crippen LogP contribution in [0.2, 0.25) is 0 Å². The summed E-state index contributed by atoms with van der Waals surface area (Å²) in [5.74, 6) is 1.08. The summed E-state index contributed by atoms with van der Waals surface area (Å²) in [5, 5.41) is 4.95. The molecule has 0 spiro atoms. The predicted molar refractivity (Wildman–Crippen MR) is 109 cm³/mol. The van der Waals surface area contributed by atoms with Gasteiger partial charge in [0.1, 0.15) is 16.4 Å². The third-order valence-corrected chi connectivity index (χ3v) is 7.25. The van der Waals surface area contributed by atoms with E-state index in [1.807, 2.05) is 35.8 Å². The first-order chi connectivity index (χ1) is 13.5. The van der Waals surface area contributed by atoms with E-state index >= 15 is 0 Å². The van der Waals surface area contributed by atoms with E-state index < -0.39 is 10.0 Å². The first-order valence-electron chi connectivity index (χ1n) is 8.52. The molecule has 0 aliphatic carbocycles. The summed E-state index contributed by atoms with van der Waals surface area (Å²) in [6, 6.07) is 11.1. The maximum atomic E-state index is 12.2. The molecule has 2 N–H and O–H groups in total. The van der Waals surface area contributed by atoms with E-state index in [0.717, 1.165) is 11.0 Å². The summed E-state index contributed by atoms with van der Waals surface area (Å²) in [7, 11) is -2.11. The maximum absolute atomic E-state index is 12.2. The molecule has 10 heteroatoms. The number of hydrogen-bond donors (Lipinski definition) is 2. The molecule has 144 valence electrons. The van der Waals surface area contributed by atoms with Crippen LogP contribution in [-0.4, -0.2) is 35.0 Å². The van der Waals surface area contributed by atoms with Gasteiger partial charge >= 0.3 is 0 Å². The molecule has 1 aromatic carbocycles. The van der Waals surface area contributed by atoms with Gasteiger partial charge in [-0.15, -0.1) is 11.3 Å². The van der Waals surface area contributed by atoms with E-state index in [1.165, 1.54) is 18.4 Å². The molecule has 0 aliphatic rings. The van der Waals surface area contributed by atoms with Crippen LogP contribution in [0.5, 0.6) is 0 Å². The molecule has 28 heavy (non-hydrogen) atoms. The Hall–Kier alpha value is -2.82. The largest absolute Gasteiger partial charge is 0.348 e. The summed E-state index contributed by atoms with van der Waals surface area (Å²) in [6.45, 7) is 1.87. The van der Waals surface area contributed by atoms with Crippen molar-refractivity contribution in [2.45, 2.75) is 17.2 Å². The molecule has 8 nitrogen and oxygen atoms in total. The van der Waals surface area contributed by atoms with Crippen molar-refractivity contribution >= 4 is 38.3 Å². The Morgan fingerprint density at radius 3 is 2.79 bits per heavy atom. The zero-order valence-corrected chi connectivity index (χ0v) is 16.8. The second-order valence-corrected chi connectivity index (χ2v) is 9.08. The smallest absolute Gasteiger partial charge is 0.250 e. The van der Waals surface area contributed by atoms with Crippen molar-refractivity contribution in [1.29, 1.82) is 0 Å². The molecule has 1 unspecified atom stereocenters. The van der Waals surface area contributed by atoms with Gasteiger partial charge in [0.2, 0.25) is 16.0 Å². The van der Waals surface area contributed by atoms with Gasteiger partial charge in [-0.2, -0.15) is 4.98 Å². The SMILES string of the molecule is CNS(=O)(=O)c1sccc1C(C)Nc1nccc(-n2cnc3ccccc32)n1. The summed E-state index contributed by atoms with van der Waals surface area (Å²) in [6.07, 6.45) is 3.38. The maximum Gasteiger partial charge on any atom is 0.250 e. The first kappa shape index (κ1) is 18.5. The van der Waals surface area contributed by atoms with Gasteiger partial charge in [0.25, 0.3) is 0 Å². The second kappa shape index (κ2) is 7.30. The van der Waals surface area contributed by atoms with Gasteiger partial charge in [0, 0.05) is 11.8 Å². The van der Waals surface area contributed by atoms with Crippen molar-refractivity contribution in [3.63, 3.8) is 0 Å². The fraction of sp³-hybridized carbons (Fsp3) is 0.167. The predicted octanol–water partition coefficient (Wildman–Crippen LogP) is 2.96. The average molecular weight is 415 g/mol. The van der Waals surface area contributed by atoms with Crippen molar-refractivity contribution < 1.29 is 8.42 Å². The van der Waals surface area contributed by atoms with Crippen LogP contribution in [-0.2, 0) is 10.0 Å². The number of rotatable bonds is 6. The summed E-state index contributed by atoms with van der Waals surface area (Å²) in [4.78, 5) is 13.2. The molecule has 1 atom stereocenters. The van der Waals surface area contributed by atoms with E-state index in [0.29, 0.717) is 17.3 Å². The van der Waals surface area contributed by atoms with Gasteiger partial charge in [-0.05, 0) is 43.6 Å². The lowest BCUT2D eigenvalue weighted by molar-refractivity contribution is 0.588. The van der Waals surface area contributed by atoms with E-state index in [4.69, 9.17) is 0 Å². The molecule has 0 amide bonds. The van der Waals surface area contributed by atoms with Gasteiger partial charge in [-0.25, -0.2) is 23.1 Å². The minimum atomic E-state index is -3.52. The number of benzene rings is 1. The van der Waals surface area contributed by atoms with E-state index in [2.05, 4.69) is 25.0 Å². The number of aromatic nitrogens is 4. The first-order valence-corrected chi connectivity index (χ1v) is 10.9. The second-order valence-electron chi connectivity index (χ2n) is 6.08. The fourth-order valence-electron chi connectivity index (χ4n) is 2.90. The molecule has 0 saturated carbocycles. The van der Waals surface area contributed by atoms with Crippen molar-refractivity contribution in [1.82, 2.24) is 24.2 Å². The van der Waals surface area contributed by atoms with Gasteiger partial charge in [0.05, 0.1) is 17.1 Å². The van der Waals surface area contributed by atoms with Crippen LogP contribution in [0.3, 0.4) is 0 Å². The van der Waals surface area contributed by atoms with Gasteiger partial charge in [-0.3, -0.25) is 4.57 Å². The Labute approximate surface area is 166 Å². The van der Waals surface area contributed by atoms with Crippen LogP contribution in [0.25, 0.3) is 16.9 Å². The zero-order valence-electron chi connectivity index (χ0n) is 15.2. The number of anilines is 1. The van der Waals surface area contributed by atoms with Crippen LogP contribution in [0, 0.1) is 0 Å². The summed E-state index contributed by atoms with van der Waals surface area (Å²) < 4.78 is 28.9. The number of hydrogen-bond acceptors (Lipinski definition) is 7. The zero-order chi connectivity index (χ0) is 19.7. The van der Waals surface area contributed by atoms with E-state index in [9.17, 15) is 8.42 Å². The molecule has 0 aliphatic heterocycles. The molecule has 0 bridgehead atoms. The van der Waals surface area contributed by atoms with Crippen molar-refractivity contribution in [2.24, 2.45) is 0 Å². The van der Waals surface area contributed by atoms with Gasteiger partial charge in [-0.1, -0.05) is 12.1 Å². The highest BCUT2D eigenvalue weighted by atomic mass is 32.2. The Bertz CT molecular complexity index is 1230. The minimum Gasteiger partial charge on any atom is -0.348 e. The topological polar surface area (TPSA) is 102 Å². The number of sulfonamides is 1. The number of nitrogens with one attached hydrogen (secondary N) is 2. The van der Waals surface area contributed by atoms with Crippen LogP contribution in [0.4, 0.5) is 5.95 Å². The molecular weight excluding hydrogens is 396 g/mol. The van der Waals surface area contributed by atoms with Gasteiger partial charge < -0.3 is 5.32 Å². The minimum absolute atomic E-state index is 0.284. The lowest BCUT2D eigenvalue weighted by Crippen LogP contribution is -2.20. The van der Waals surface area contributed by atoms with Crippen LogP contribution in [0.1, 0.15) is 18.5 Å². The number of para-hydroxylation sites is 2. The molecule has 3 aromatic heterocycles. The summed E-state index contributed by atoms with van der Waals surface area (Å²) >= 11 is 1.18. The van der Waals surface area contributed by atoms with Crippen LogP contribution in [0.15, 0.2) is 58.5 Å². The standard InChI is InChI=1S/C18H18N6O2S2/c1-12(13-8-10-27-17(13)28(25,26)19-2)22-18-20-9-7-16(23-18)24-11-21-14-5-3-4-6-15(14)24/h3-12,19H,1-2H3,(H,20,22,23). The molecular formula is C18H18N6O2S2. The molecule has 4 rings (SSSR count). The summed E-state index contributed by atoms with van der Waals surface area (Å²) in [5.41, 5.74) is 2.49.